The minimum atomic E-state index is -0.401. The fourth-order valence-corrected chi connectivity index (χ4v) is 2.59. The van der Waals surface area contributed by atoms with Gasteiger partial charge in [-0.2, -0.15) is 0 Å². The molecule has 4 heteroatoms. The van der Waals surface area contributed by atoms with Crippen molar-refractivity contribution < 1.29 is 9.50 Å². The van der Waals surface area contributed by atoms with Crippen LogP contribution in [0.25, 0.3) is 0 Å². The number of halogens is 1. The van der Waals surface area contributed by atoms with Crippen molar-refractivity contribution in [3.63, 3.8) is 0 Å². The predicted molar refractivity (Wildman–Crippen MR) is 76.8 cm³/mol. The Kier molecular flexibility index (Phi) is 4.69. The van der Waals surface area contributed by atoms with Crippen molar-refractivity contribution in [2.75, 3.05) is 6.61 Å². The number of benzene rings is 1. The number of rotatable bonds is 6. The number of hydrogen-bond donors (Lipinski definition) is 2. The number of thiophene rings is 1. The van der Waals surface area contributed by atoms with Gasteiger partial charge in [-0.3, -0.25) is 0 Å². The molecule has 1 atom stereocenters. The lowest BCUT2D eigenvalue weighted by atomic mass is 9.93. The molecule has 0 spiro atoms. The van der Waals surface area contributed by atoms with Crippen LogP contribution in [-0.4, -0.2) is 17.3 Å². The number of aliphatic hydroxyl groups excluding tert-OH is 1. The van der Waals surface area contributed by atoms with Crippen LogP contribution < -0.4 is 5.32 Å². The van der Waals surface area contributed by atoms with E-state index >= 15 is 0 Å². The van der Waals surface area contributed by atoms with Crippen LogP contribution in [-0.2, 0) is 13.0 Å². The normalized spacial score (nSPS) is 14.3. The van der Waals surface area contributed by atoms with Crippen molar-refractivity contribution in [3.8, 4) is 0 Å². The van der Waals surface area contributed by atoms with Gasteiger partial charge in [0.1, 0.15) is 5.82 Å². The topological polar surface area (TPSA) is 32.3 Å². The Morgan fingerprint density at radius 3 is 2.58 bits per heavy atom. The van der Waals surface area contributed by atoms with Gasteiger partial charge in [-0.05, 0) is 42.5 Å². The maximum Gasteiger partial charge on any atom is 0.123 e. The summed E-state index contributed by atoms with van der Waals surface area (Å²) in [6.45, 7) is 2.75. The molecule has 2 aromatic rings. The molecule has 1 unspecified atom stereocenters. The summed E-state index contributed by atoms with van der Waals surface area (Å²) in [4.78, 5) is 1.23. The van der Waals surface area contributed by atoms with E-state index in [2.05, 4.69) is 11.4 Å². The van der Waals surface area contributed by atoms with E-state index in [9.17, 15) is 9.50 Å². The summed E-state index contributed by atoms with van der Waals surface area (Å²) in [6, 6.07) is 10.5. The van der Waals surface area contributed by atoms with Gasteiger partial charge in [-0.25, -0.2) is 4.39 Å². The van der Waals surface area contributed by atoms with Crippen LogP contribution in [0.2, 0.25) is 0 Å². The van der Waals surface area contributed by atoms with Gasteiger partial charge in [0.25, 0.3) is 0 Å². The zero-order valence-electron chi connectivity index (χ0n) is 10.9. The first-order chi connectivity index (χ1) is 9.11. The van der Waals surface area contributed by atoms with Crippen LogP contribution in [0.3, 0.4) is 0 Å². The predicted octanol–water partition coefficient (Wildman–Crippen LogP) is 2.97. The van der Waals surface area contributed by atoms with E-state index in [0.717, 1.165) is 12.1 Å². The summed E-state index contributed by atoms with van der Waals surface area (Å²) in [5, 5.41) is 15.0. The van der Waals surface area contributed by atoms with E-state index in [1.807, 2.05) is 18.4 Å². The number of hydrogen-bond acceptors (Lipinski definition) is 3. The molecule has 1 aromatic heterocycles. The Labute approximate surface area is 116 Å². The monoisotopic (exact) mass is 279 g/mol. The molecule has 19 heavy (non-hydrogen) atoms. The fraction of sp³-hybridized carbons (Fsp3) is 0.333. The van der Waals surface area contributed by atoms with Gasteiger partial charge in [0.05, 0.1) is 6.61 Å². The van der Waals surface area contributed by atoms with E-state index < -0.39 is 5.54 Å². The standard InChI is InChI=1S/C15H18FNOS/c1-15(11-18,17-10-14-3-2-8-19-14)9-12-4-6-13(16)7-5-12/h2-8,17-18H,9-11H2,1H3. The van der Waals surface area contributed by atoms with Crippen LogP contribution in [0.4, 0.5) is 4.39 Å². The smallest absolute Gasteiger partial charge is 0.123 e. The van der Waals surface area contributed by atoms with Crippen LogP contribution in [0.15, 0.2) is 41.8 Å². The van der Waals surface area contributed by atoms with E-state index in [4.69, 9.17) is 0 Å². The zero-order chi connectivity index (χ0) is 13.7. The zero-order valence-corrected chi connectivity index (χ0v) is 11.7. The molecular formula is C15H18FNOS. The molecule has 2 rings (SSSR count). The second-order valence-corrected chi connectivity index (χ2v) is 5.99. The molecule has 0 aliphatic carbocycles. The Hall–Kier alpha value is -1.23. The van der Waals surface area contributed by atoms with Crippen LogP contribution in [0.1, 0.15) is 17.4 Å². The molecule has 1 aromatic carbocycles. The third-order valence-corrected chi connectivity index (χ3v) is 4.00. The molecule has 0 amide bonds. The maximum absolute atomic E-state index is 12.9. The third kappa shape index (κ3) is 4.13. The largest absolute Gasteiger partial charge is 0.394 e. The first-order valence-electron chi connectivity index (χ1n) is 6.24. The summed E-state index contributed by atoms with van der Waals surface area (Å²) < 4.78 is 12.9. The summed E-state index contributed by atoms with van der Waals surface area (Å²) in [7, 11) is 0. The van der Waals surface area contributed by atoms with Gasteiger partial charge in [-0.15, -0.1) is 11.3 Å². The van der Waals surface area contributed by atoms with Gasteiger partial charge in [-0.1, -0.05) is 18.2 Å². The minimum Gasteiger partial charge on any atom is -0.394 e. The molecule has 102 valence electrons. The van der Waals surface area contributed by atoms with Crippen molar-refractivity contribution in [2.24, 2.45) is 0 Å². The second kappa shape index (κ2) is 6.28. The second-order valence-electron chi connectivity index (χ2n) is 4.95. The van der Waals surface area contributed by atoms with Crippen molar-refractivity contribution in [1.29, 1.82) is 0 Å². The van der Waals surface area contributed by atoms with E-state index in [1.165, 1.54) is 17.0 Å². The highest BCUT2D eigenvalue weighted by Gasteiger charge is 2.23. The van der Waals surface area contributed by atoms with Gasteiger partial charge < -0.3 is 10.4 Å². The quantitative estimate of drug-likeness (QED) is 0.852. The lowest BCUT2D eigenvalue weighted by Crippen LogP contribution is -2.47. The fourth-order valence-electron chi connectivity index (χ4n) is 1.94. The molecule has 0 fully saturated rings. The Morgan fingerprint density at radius 2 is 2.00 bits per heavy atom. The van der Waals surface area contributed by atoms with Crippen LogP contribution >= 0.6 is 11.3 Å². The Morgan fingerprint density at radius 1 is 1.26 bits per heavy atom. The van der Waals surface area contributed by atoms with Crippen molar-refractivity contribution in [1.82, 2.24) is 5.32 Å². The lowest BCUT2D eigenvalue weighted by molar-refractivity contribution is 0.172. The van der Waals surface area contributed by atoms with Crippen molar-refractivity contribution >= 4 is 11.3 Å². The molecule has 1 heterocycles. The van der Waals surface area contributed by atoms with Crippen LogP contribution in [0, 0.1) is 5.82 Å². The molecule has 2 nitrogen and oxygen atoms in total. The maximum atomic E-state index is 12.9. The Bertz CT molecular complexity index is 497. The van der Waals surface area contributed by atoms with E-state index in [0.29, 0.717) is 6.42 Å². The minimum absolute atomic E-state index is 0.0375. The molecule has 0 bridgehead atoms. The summed E-state index contributed by atoms with van der Waals surface area (Å²) >= 11 is 1.69. The average molecular weight is 279 g/mol. The first-order valence-corrected chi connectivity index (χ1v) is 7.12. The number of aliphatic hydroxyl groups is 1. The third-order valence-electron chi connectivity index (χ3n) is 3.13. The lowest BCUT2D eigenvalue weighted by Gasteiger charge is -2.29. The molecule has 0 aliphatic heterocycles. The summed E-state index contributed by atoms with van der Waals surface area (Å²) in [5.41, 5.74) is 0.610. The molecule has 0 radical (unpaired) electrons. The molecule has 0 aliphatic rings. The molecule has 0 saturated carbocycles. The van der Waals surface area contributed by atoms with E-state index in [-0.39, 0.29) is 12.4 Å². The molecule has 0 saturated heterocycles. The van der Waals surface area contributed by atoms with Gasteiger partial charge in [0.2, 0.25) is 0 Å². The first kappa shape index (κ1) is 14.2. The van der Waals surface area contributed by atoms with Gasteiger partial charge in [0, 0.05) is 17.0 Å². The van der Waals surface area contributed by atoms with Crippen molar-refractivity contribution in [2.45, 2.75) is 25.4 Å². The average Bonchev–Trinajstić information content (AvgIpc) is 2.93. The Balaban J connectivity index is 1.98. The summed E-state index contributed by atoms with van der Waals surface area (Å²) in [6.07, 6.45) is 0.662. The summed E-state index contributed by atoms with van der Waals surface area (Å²) in [5.74, 6) is -0.235. The highest BCUT2D eigenvalue weighted by Crippen LogP contribution is 2.16. The van der Waals surface area contributed by atoms with Crippen LogP contribution in [0.5, 0.6) is 0 Å². The SMILES string of the molecule is CC(CO)(Cc1ccc(F)cc1)NCc1cccs1. The van der Waals surface area contributed by atoms with E-state index in [1.54, 1.807) is 23.5 Å². The van der Waals surface area contributed by atoms with Gasteiger partial charge >= 0.3 is 0 Å². The number of nitrogens with one attached hydrogen (secondary N) is 1. The van der Waals surface area contributed by atoms with Gasteiger partial charge in [0.15, 0.2) is 0 Å². The van der Waals surface area contributed by atoms with Crippen molar-refractivity contribution in [3.05, 3.63) is 58.0 Å². The molecular weight excluding hydrogens is 261 g/mol. The highest BCUT2D eigenvalue weighted by atomic mass is 32.1. The molecule has 2 N–H and O–H groups in total. The highest BCUT2D eigenvalue weighted by molar-refractivity contribution is 7.09.